The van der Waals surface area contributed by atoms with E-state index < -0.39 is 0 Å². The summed E-state index contributed by atoms with van der Waals surface area (Å²) in [6, 6.07) is 10.6. The van der Waals surface area contributed by atoms with Gasteiger partial charge in [-0.15, -0.1) is 0 Å². The van der Waals surface area contributed by atoms with Crippen LogP contribution < -0.4 is 10.2 Å². The van der Waals surface area contributed by atoms with Crippen molar-refractivity contribution >= 4 is 5.69 Å². The highest BCUT2D eigenvalue weighted by molar-refractivity contribution is 5.44. The molecular weight excluding hydrogens is 220 g/mol. The SMILES string of the molecule is CN(CCCCCNC(C)(C)C)c1ccccc1. The summed E-state index contributed by atoms with van der Waals surface area (Å²) in [4.78, 5) is 2.33. The first-order valence-electron chi connectivity index (χ1n) is 7.00. The molecule has 0 aromatic heterocycles. The van der Waals surface area contributed by atoms with Crippen LogP contribution in [0.1, 0.15) is 40.0 Å². The highest BCUT2D eigenvalue weighted by Gasteiger charge is 2.07. The zero-order valence-corrected chi connectivity index (χ0v) is 12.4. The van der Waals surface area contributed by atoms with Gasteiger partial charge in [0.25, 0.3) is 0 Å². The lowest BCUT2D eigenvalue weighted by molar-refractivity contribution is 0.417. The maximum absolute atomic E-state index is 3.53. The fraction of sp³-hybridized carbons (Fsp3) is 0.625. The molecule has 1 N–H and O–H groups in total. The van der Waals surface area contributed by atoms with Crippen molar-refractivity contribution in [1.29, 1.82) is 0 Å². The highest BCUT2D eigenvalue weighted by Crippen LogP contribution is 2.11. The Balaban J connectivity index is 2.08. The van der Waals surface area contributed by atoms with Gasteiger partial charge in [0.05, 0.1) is 0 Å². The smallest absolute Gasteiger partial charge is 0.0363 e. The van der Waals surface area contributed by atoms with Crippen molar-refractivity contribution < 1.29 is 0 Å². The topological polar surface area (TPSA) is 15.3 Å². The number of hydrogen-bond acceptors (Lipinski definition) is 2. The minimum absolute atomic E-state index is 0.251. The van der Waals surface area contributed by atoms with Crippen LogP contribution in [0.4, 0.5) is 5.69 Å². The van der Waals surface area contributed by atoms with Crippen molar-refractivity contribution in [3.8, 4) is 0 Å². The lowest BCUT2D eigenvalue weighted by Gasteiger charge is -2.21. The molecule has 0 unspecified atom stereocenters. The third-order valence-electron chi connectivity index (χ3n) is 3.02. The first-order chi connectivity index (χ1) is 8.49. The predicted octanol–water partition coefficient (Wildman–Crippen LogP) is 3.68. The summed E-state index contributed by atoms with van der Waals surface area (Å²) in [6.07, 6.45) is 3.82. The van der Waals surface area contributed by atoms with Crippen LogP contribution in [0.5, 0.6) is 0 Å². The zero-order valence-electron chi connectivity index (χ0n) is 12.4. The summed E-state index contributed by atoms with van der Waals surface area (Å²) in [7, 11) is 2.17. The second-order valence-electron chi connectivity index (χ2n) is 5.99. The van der Waals surface area contributed by atoms with E-state index in [9.17, 15) is 0 Å². The number of nitrogens with zero attached hydrogens (tertiary/aromatic N) is 1. The van der Waals surface area contributed by atoms with Gasteiger partial charge in [-0.1, -0.05) is 24.6 Å². The molecule has 0 bridgehead atoms. The molecule has 0 aliphatic rings. The van der Waals surface area contributed by atoms with Gasteiger partial charge in [-0.3, -0.25) is 0 Å². The van der Waals surface area contributed by atoms with E-state index in [1.54, 1.807) is 0 Å². The Hall–Kier alpha value is -1.02. The number of hydrogen-bond donors (Lipinski definition) is 1. The van der Waals surface area contributed by atoms with Crippen LogP contribution in [0, 0.1) is 0 Å². The van der Waals surface area contributed by atoms with Gasteiger partial charge in [0.15, 0.2) is 0 Å². The van der Waals surface area contributed by atoms with E-state index in [1.165, 1.54) is 24.9 Å². The van der Waals surface area contributed by atoms with Crippen LogP contribution >= 0.6 is 0 Å². The van der Waals surface area contributed by atoms with E-state index in [-0.39, 0.29) is 5.54 Å². The largest absolute Gasteiger partial charge is 0.375 e. The average molecular weight is 248 g/mol. The second-order valence-corrected chi connectivity index (χ2v) is 5.99. The van der Waals surface area contributed by atoms with Gasteiger partial charge in [0.2, 0.25) is 0 Å². The molecule has 0 amide bonds. The molecular formula is C16H28N2. The minimum Gasteiger partial charge on any atom is -0.375 e. The van der Waals surface area contributed by atoms with Crippen LogP contribution in [-0.4, -0.2) is 25.7 Å². The fourth-order valence-corrected chi connectivity index (χ4v) is 1.93. The standard InChI is InChI=1S/C16H28N2/c1-16(2,3)17-13-9-6-10-14-18(4)15-11-7-5-8-12-15/h5,7-8,11-12,17H,6,9-10,13-14H2,1-4H3. The van der Waals surface area contributed by atoms with Crippen LogP contribution in [0.25, 0.3) is 0 Å². The number of benzene rings is 1. The molecule has 18 heavy (non-hydrogen) atoms. The molecule has 2 heteroatoms. The van der Waals surface area contributed by atoms with Gasteiger partial charge in [0.1, 0.15) is 0 Å². The summed E-state index contributed by atoms with van der Waals surface area (Å²) < 4.78 is 0. The fourth-order valence-electron chi connectivity index (χ4n) is 1.93. The van der Waals surface area contributed by atoms with Crippen molar-refractivity contribution in [2.75, 3.05) is 25.0 Å². The van der Waals surface area contributed by atoms with Gasteiger partial charge >= 0.3 is 0 Å². The van der Waals surface area contributed by atoms with Crippen molar-refractivity contribution in [3.63, 3.8) is 0 Å². The van der Waals surface area contributed by atoms with Crippen molar-refractivity contribution in [2.45, 2.75) is 45.6 Å². The molecule has 0 heterocycles. The molecule has 0 saturated heterocycles. The zero-order chi connectivity index (χ0) is 13.4. The number of anilines is 1. The lowest BCUT2D eigenvalue weighted by Crippen LogP contribution is -2.36. The normalized spacial score (nSPS) is 11.6. The molecule has 1 rings (SSSR count). The molecule has 0 aliphatic heterocycles. The van der Waals surface area contributed by atoms with E-state index in [1.807, 2.05) is 0 Å². The number of unbranched alkanes of at least 4 members (excludes halogenated alkanes) is 2. The molecule has 1 aromatic carbocycles. The molecule has 1 aromatic rings. The van der Waals surface area contributed by atoms with Gasteiger partial charge in [-0.2, -0.15) is 0 Å². The molecule has 2 nitrogen and oxygen atoms in total. The predicted molar refractivity (Wildman–Crippen MR) is 81.3 cm³/mol. The van der Waals surface area contributed by atoms with Crippen LogP contribution in [-0.2, 0) is 0 Å². The Morgan fingerprint density at radius 2 is 1.67 bits per heavy atom. The van der Waals surface area contributed by atoms with E-state index in [2.05, 4.69) is 68.4 Å². The molecule has 0 fully saturated rings. The summed E-state index contributed by atoms with van der Waals surface area (Å²) in [5.41, 5.74) is 1.56. The maximum atomic E-state index is 3.53. The molecule has 0 aliphatic carbocycles. The summed E-state index contributed by atoms with van der Waals surface area (Å²) in [5, 5.41) is 3.53. The first-order valence-corrected chi connectivity index (χ1v) is 7.00. The van der Waals surface area contributed by atoms with Gasteiger partial charge < -0.3 is 10.2 Å². The van der Waals surface area contributed by atoms with Crippen molar-refractivity contribution in [2.24, 2.45) is 0 Å². The molecule has 0 spiro atoms. The summed E-state index contributed by atoms with van der Waals surface area (Å²) in [5.74, 6) is 0. The maximum Gasteiger partial charge on any atom is 0.0363 e. The van der Waals surface area contributed by atoms with Crippen molar-refractivity contribution in [1.82, 2.24) is 5.32 Å². The Kier molecular flexibility index (Phi) is 6.20. The number of para-hydroxylation sites is 1. The van der Waals surface area contributed by atoms with Gasteiger partial charge in [0, 0.05) is 24.8 Å². The number of rotatable bonds is 7. The van der Waals surface area contributed by atoms with Crippen LogP contribution in [0.15, 0.2) is 30.3 Å². The van der Waals surface area contributed by atoms with Crippen LogP contribution in [0.3, 0.4) is 0 Å². The van der Waals surface area contributed by atoms with E-state index in [0.717, 1.165) is 13.1 Å². The Morgan fingerprint density at radius 3 is 2.28 bits per heavy atom. The van der Waals surface area contributed by atoms with Crippen LogP contribution in [0.2, 0.25) is 0 Å². The monoisotopic (exact) mass is 248 g/mol. The molecule has 0 atom stereocenters. The third kappa shape index (κ3) is 6.65. The van der Waals surface area contributed by atoms with Gasteiger partial charge in [-0.05, 0) is 52.3 Å². The minimum atomic E-state index is 0.251. The molecule has 0 saturated carbocycles. The summed E-state index contributed by atoms with van der Waals surface area (Å²) >= 11 is 0. The van der Waals surface area contributed by atoms with Crippen molar-refractivity contribution in [3.05, 3.63) is 30.3 Å². The van der Waals surface area contributed by atoms with E-state index in [0.29, 0.717) is 0 Å². The quantitative estimate of drug-likeness (QED) is 0.740. The third-order valence-corrected chi connectivity index (χ3v) is 3.02. The van der Waals surface area contributed by atoms with E-state index in [4.69, 9.17) is 0 Å². The first kappa shape index (κ1) is 15.0. The highest BCUT2D eigenvalue weighted by atomic mass is 15.1. The molecule has 102 valence electrons. The Labute approximate surface area is 112 Å². The Morgan fingerprint density at radius 1 is 1.00 bits per heavy atom. The average Bonchev–Trinajstić information content (AvgIpc) is 2.33. The Bertz CT molecular complexity index is 314. The van der Waals surface area contributed by atoms with E-state index >= 15 is 0 Å². The van der Waals surface area contributed by atoms with Gasteiger partial charge in [-0.25, -0.2) is 0 Å². The second kappa shape index (κ2) is 7.42. The molecule has 0 radical (unpaired) electrons. The summed E-state index contributed by atoms with van der Waals surface area (Å²) in [6.45, 7) is 8.92. The lowest BCUT2D eigenvalue weighted by atomic mass is 10.1. The number of nitrogens with one attached hydrogen (secondary N) is 1.